The maximum atomic E-state index is 11.2. The lowest BCUT2D eigenvalue weighted by Gasteiger charge is -1.95. The number of nitrogens with one attached hydrogen (secondary N) is 1. The summed E-state index contributed by atoms with van der Waals surface area (Å²) < 4.78 is 0.608. The molecule has 0 saturated heterocycles. The molecule has 0 aliphatic rings. The molecule has 0 aromatic carbocycles. The molecule has 0 bridgehead atoms. The van der Waals surface area contributed by atoms with Crippen LogP contribution in [0.3, 0.4) is 0 Å². The van der Waals surface area contributed by atoms with E-state index in [9.17, 15) is 4.79 Å². The zero-order valence-electron chi connectivity index (χ0n) is 6.45. The molecule has 2 aromatic heterocycles. The van der Waals surface area contributed by atoms with Crippen molar-refractivity contribution in [1.82, 2.24) is 9.97 Å². The molecule has 0 radical (unpaired) electrons. The van der Waals surface area contributed by atoms with E-state index in [-0.39, 0.29) is 5.56 Å². The number of halogens is 1. The molecule has 0 aliphatic heterocycles. The molecule has 66 valence electrons. The minimum atomic E-state index is -0.0863. The second kappa shape index (κ2) is 3.59. The normalized spacial score (nSPS) is 10.2. The third-order valence-corrected chi connectivity index (χ3v) is 3.00. The maximum absolute atomic E-state index is 11.2. The van der Waals surface area contributed by atoms with Gasteiger partial charge in [-0.3, -0.25) is 4.79 Å². The first-order chi connectivity index (χ1) is 6.27. The number of aromatic nitrogens is 2. The predicted molar refractivity (Wildman–Crippen MR) is 60.9 cm³/mol. The number of hydrogen-bond donors (Lipinski definition) is 1. The lowest BCUT2D eigenvalue weighted by atomic mass is 10.3. The molecule has 0 saturated carbocycles. The standard InChI is InChI=1S/C8H5IN2OS/c9-6-3-10-7(11-8(6)12)5-1-2-13-4-5/h1-4H,(H,10,11,12). The second-order valence-corrected chi connectivity index (χ2v) is 4.36. The van der Waals surface area contributed by atoms with Gasteiger partial charge in [-0.2, -0.15) is 11.3 Å². The van der Waals surface area contributed by atoms with Crippen LogP contribution in [0, 0.1) is 3.57 Å². The summed E-state index contributed by atoms with van der Waals surface area (Å²) in [7, 11) is 0. The van der Waals surface area contributed by atoms with Gasteiger partial charge in [-0.15, -0.1) is 0 Å². The number of rotatable bonds is 1. The van der Waals surface area contributed by atoms with Crippen molar-refractivity contribution in [2.24, 2.45) is 0 Å². The SMILES string of the molecule is O=c1[nH]c(-c2ccsc2)ncc1I. The Hall–Kier alpha value is -0.690. The van der Waals surface area contributed by atoms with Gasteiger partial charge >= 0.3 is 0 Å². The van der Waals surface area contributed by atoms with Crippen molar-refractivity contribution in [3.8, 4) is 11.4 Å². The van der Waals surface area contributed by atoms with Crippen LogP contribution in [0.15, 0.2) is 27.8 Å². The fraction of sp³-hybridized carbons (Fsp3) is 0. The zero-order valence-corrected chi connectivity index (χ0v) is 9.43. The molecule has 0 amide bonds. The molecule has 2 rings (SSSR count). The number of thiophene rings is 1. The summed E-state index contributed by atoms with van der Waals surface area (Å²) in [6, 6.07) is 1.93. The first-order valence-corrected chi connectivity index (χ1v) is 5.57. The molecule has 2 aromatic rings. The van der Waals surface area contributed by atoms with Gasteiger partial charge in [-0.05, 0) is 34.0 Å². The summed E-state index contributed by atoms with van der Waals surface area (Å²) in [4.78, 5) is 18.1. The van der Waals surface area contributed by atoms with E-state index in [0.29, 0.717) is 9.39 Å². The quantitative estimate of drug-likeness (QED) is 0.820. The Labute approximate surface area is 92.0 Å². The van der Waals surface area contributed by atoms with Gasteiger partial charge in [-0.1, -0.05) is 0 Å². The average Bonchev–Trinajstić information content (AvgIpc) is 2.62. The largest absolute Gasteiger partial charge is 0.306 e. The fourth-order valence-corrected chi connectivity index (χ4v) is 1.84. The van der Waals surface area contributed by atoms with E-state index in [1.807, 2.05) is 39.4 Å². The molecule has 0 aliphatic carbocycles. The van der Waals surface area contributed by atoms with Crippen LogP contribution in [0.2, 0.25) is 0 Å². The Morgan fingerprint density at radius 1 is 1.54 bits per heavy atom. The van der Waals surface area contributed by atoms with Crippen molar-refractivity contribution < 1.29 is 0 Å². The van der Waals surface area contributed by atoms with Crippen LogP contribution in [0.5, 0.6) is 0 Å². The zero-order chi connectivity index (χ0) is 9.26. The molecular weight excluding hydrogens is 299 g/mol. The molecule has 13 heavy (non-hydrogen) atoms. The molecule has 0 unspecified atom stereocenters. The number of nitrogens with zero attached hydrogens (tertiary/aromatic N) is 1. The van der Waals surface area contributed by atoms with Crippen LogP contribution >= 0.6 is 33.9 Å². The van der Waals surface area contributed by atoms with Gasteiger partial charge in [0.25, 0.3) is 5.56 Å². The van der Waals surface area contributed by atoms with Crippen LogP contribution in [-0.2, 0) is 0 Å². The highest BCUT2D eigenvalue weighted by atomic mass is 127. The van der Waals surface area contributed by atoms with Crippen molar-refractivity contribution in [2.45, 2.75) is 0 Å². The summed E-state index contributed by atoms with van der Waals surface area (Å²) in [6.45, 7) is 0. The van der Waals surface area contributed by atoms with Crippen molar-refractivity contribution in [1.29, 1.82) is 0 Å². The first-order valence-electron chi connectivity index (χ1n) is 3.55. The van der Waals surface area contributed by atoms with Gasteiger partial charge in [0.1, 0.15) is 5.82 Å². The molecule has 5 heteroatoms. The Bertz CT molecular complexity index is 463. The van der Waals surface area contributed by atoms with E-state index in [4.69, 9.17) is 0 Å². The van der Waals surface area contributed by atoms with Crippen LogP contribution in [0.25, 0.3) is 11.4 Å². The van der Waals surface area contributed by atoms with E-state index in [1.54, 1.807) is 17.5 Å². The molecule has 1 N–H and O–H groups in total. The van der Waals surface area contributed by atoms with Gasteiger partial charge in [0.15, 0.2) is 0 Å². The van der Waals surface area contributed by atoms with Crippen LogP contribution in [0.1, 0.15) is 0 Å². The molecule has 3 nitrogen and oxygen atoms in total. The Balaban J connectivity index is 2.55. The van der Waals surface area contributed by atoms with Gasteiger partial charge in [0.05, 0.1) is 3.57 Å². The predicted octanol–water partition coefficient (Wildman–Crippen LogP) is 2.10. The van der Waals surface area contributed by atoms with E-state index in [1.165, 1.54) is 0 Å². The van der Waals surface area contributed by atoms with E-state index in [0.717, 1.165) is 5.56 Å². The Morgan fingerprint density at radius 3 is 3.00 bits per heavy atom. The smallest absolute Gasteiger partial charge is 0.264 e. The highest BCUT2D eigenvalue weighted by Crippen LogP contribution is 2.16. The van der Waals surface area contributed by atoms with Crippen molar-refractivity contribution in [3.63, 3.8) is 0 Å². The summed E-state index contributed by atoms with van der Waals surface area (Å²) in [5.74, 6) is 0.631. The van der Waals surface area contributed by atoms with E-state index >= 15 is 0 Å². The van der Waals surface area contributed by atoms with Gasteiger partial charge < -0.3 is 4.98 Å². The molecular formula is C8H5IN2OS. The van der Waals surface area contributed by atoms with Crippen LogP contribution in [-0.4, -0.2) is 9.97 Å². The molecule has 0 atom stereocenters. The summed E-state index contributed by atoms with van der Waals surface area (Å²) >= 11 is 3.54. The topological polar surface area (TPSA) is 45.8 Å². The Morgan fingerprint density at radius 2 is 2.38 bits per heavy atom. The lowest BCUT2D eigenvalue weighted by Crippen LogP contribution is -2.11. The lowest BCUT2D eigenvalue weighted by molar-refractivity contribution is 1.11. The first kappa shape index (κ1) is 8.89. The van der Waals surface area contributed by atoms with Crippen molar-refractivity contribution >= 4 is 33.9 Å². The maximum Gasteiger partial charge on any atom is 0.264 e. The monoisotopic (exact) mass is 304 g/mol. The second-order valence-electron chi connectivity index (χ2n) is 2.42. The average molecular weight is 304 g/mol. The number of hydrogen-bond acceptors (Lipinski definition) is 3. The Kier molecular flexibility index (Phi) is 2.45. The number of H-pyrrole nitrogens is 1. The molecule has 0 spiro atoms. The van der Waals surface area contributed by atoms with Crippen LogP contribution < -0.4 is 5.56 Å². The minimum Gasteiger partial charge on any atom is -0.306 e. The highest BCUT2D eigenvalue weighted by molar-refractivity contribution is 14.1. The number of aromatic amines is 1. The summed E-state index contributed by atoms with van der Waals surface area (Å²) in [5, 5.41) is 3.90. The third-order valence-electron chi connectivity index (χ3n) is 1.55. The summed E-state index contributed by atoms with van der Waals surface area (Å²) in [6.07, 6.45) is 1.58. The van der Waals surface area contributed by atoms with E-state index < -0.39 is 0 Å². The molecule has 0 fully saturated rings. The third kappa shape index (κ3) is 1.80. The molecule has 2 heterocycles. The van der Waals surface area contributed by atoms with Crippen molar-refractivity contribution in [2.75, 3.05) is 0 Å². The van der Waals surface area contributed by atoms with Crippen LogP contribution in [0.4, 0.5) is 0 Å². The van der Waals surface area contributed by atoms with E-state index in [2.05, 4.69) is 9.97 Å². The summed E-state index contributed by atoms with van der Waals surface area (Å²) in [5.41, 5.74) is 0.871. The van der Waals surface area contributed by atoms with Gasteiger partial charge in [0.2, 0.25) is 0 Å². The minimum absolute atomic E-state index is 0.0863. The van der Waals surface area contributed by atoms with Gasteiger partial charge in [0, 0.05) is 17.1 Å². The van der Waals surface area contributed by atoms with Gasteiger partial charge in [-0.25, -0.2) is 4.98 Å². The highest BCUT2D eigenvalue weighted by Gasteiger charge is 2.01. The van der Waals surface area contributed by atoms with Crippen molar-refractivity contribution in [3.05, 3.63) is 36.9 Å². The fourth-order valence-electron chi connectivity index (χ4n) is 0.925.